The summed E-state index contributed by atoms with van der Waals surface area (Å²) in [6, 6.07) is 16.6. The SMILES string of the molecule is CCN(c1cc(C)nc(Cl)n1)c1cccc2ccccc12. The van der Waals surface area contributed by atoms with E-state index in [2.05, 4.69) is 58.2 Å². The molecule has 0 aliphatic heterocycles. The summed E-state index contributed by atoms with van der Waals surface area (Å²) in [6.45, 7) is 4.84. The molecule has 21 heavy (non-hydrogen) atoms. The zero-order valence-electron chi connectivity index (χ0n) is 12.0. The summed E-state index contributed by atoms with van der Waals surface area (Å²) in [7, 11) is 0. The number of benzene rings is 2. The van der Waals surface area contributed by atoms with Gasteiger partial charge in [0.1, 0.15) is 5.82 Å². The van der Waals surface area contributed by atoms with Gasteiger partial charge in [-0.1, -0.05) is 36.4 Å². The van der Waals surface area contributed by atoms with Crippen molar-refractivity contribution in [1.82, 2.24) is 9.97 Å². The van der Waals surface area contributed by atoms with Gasteiger partial charge in [-0.2, -0.15) is 0 Å². The molecular weight excluding hydrogens is 282 g/mol. The van der Waals surface area contributed by atoms with E-state index < -0.39 is 0 Å². The van der Waals surface area contributed by atoms with Crippen LogP contribution in [0.25, 0.3) is 10.8 Å². The number of nitrogens with zero attached hydrogens (tertiary/aromatic N) is 3. The Morgan fingerprint density at radius 1 is 1.05 bits per heavy atom. The van der Waals surface area contributed by atoms with Crippen LogP contribution in [0.4, 0.5) is 11.5 Å². The lowest BCUT2D eigenvalue weighted by atomic mass is 10.1. The number of hydrogen-bond donors (Lipinski definition) is 0. The van der Waals surface area contributed by atoms with Gasteiger partial charge in [-0.15, -0.1) is 0 Å². The first-order chi connectivity index (χ1) is 10.2. The molecule has 0 aliphatic carbocycles. The van der Waals surface area contributed by atoms with Gasteiger partial charge in [0.05, 0.1) is 5.69 Å². The van der Waals surface area contributed by atoms with Gasteiger partial charge in [-0.25, -0.2) is 9.97 Å². The minimum atomic E-state index is 0.281. The maximum absolute atomic E-state index is 6.01. The van der Waals surface area contributed by atoms with Crippen LogP contribution in [0.3, 0.4) is 0 Å². The van der Waals surface area contributed by atoms with Gasteiger partial charge in [-0.3, -0.25) is 0 Å². The lowest BCUT2D eigenvalue weighted by Crippen LogP contribution is -2.18. The highest BCUT2D eigenvalue weighted by Crippen LogP contribution is 2.31. The zero-order chi connectivity index (χ0) is 14.8. The van der Waals surface area contributed by atoms with Crippen molar-refractivity contribution in [1.29, 1.82) is 0 Å². The number of rotatable bonds is 3. The Labute approximate surface area is 129 Å². The Bertz CT molecular complexity index is 760. The van der Waals surface area contributed by atoms with Gasteiger partial charge >= 0.3 is 0 Å². The fourth-order valence-electron chi connectivity index (χ4n) is 2.55. The lowest BCUT2D eigenvalue weighted by Gasteiger charge is -2.24. The van der Waals surface area contributed by atoms with E-state index in [4.69, 9.17) is 11.6 Å². The molecule has 0 amide bonds. The molecule has 0 spiro atoms. The molecule has 0 saturated heterocycles. The molecule has 3 rings (SSSR count). The Hall–Kier alpha value is -2.13. The number of hydrogen-bond acceptors (Lipinski definition) is 3. The summed E-state index contributed by atoms with van der Waals surface area (Å²) in [6.07, 6.45) is 0. The maximum atomic E-state index is 6.01. The highest BCUT2D eigenvalue weighted by molar-refractivity contribution is 6.28. The van der Waals surface area contributed by atoms with Crippen molar-refractivity contribution < 1.29 is 0 Å². The number of anilines is 2. The first-order valence-corrected chi connectivity index (χ1v) is 7.33. The molecule has 1 aromatic heterocycles. The van der Waals surface area contributed by atoms with Crippen molar-refractivity contribution >= 4 is 33.9 Å². The second kappa shape index (κ2) is 5.70. The quantitative estimate of drug-likeness (QED) is 0.653. The van der Waals surface area contributed by atoms with Crippen LogP contribution in [0, 0.1) is 6.92 Å². The van der Waals surface area contributed by atoms with Gasteiger partial charge in [0, 0.05) is 23.7 Å². The summed E-state index contributed by atoms with van der Waals surface area (Å²) in [5.74, 6) is 0.825. The highest BCUT2D eigenvalue weighted by Gasteiger charge is 2.13. The minimum absolute atomic E-state index is 0.281. The van der Waals surface area contributed by atoms with Crippen molar-refractivity contribution in [3.63, 3.8) is 0 Å². The van der Waals surface area contributed by atoms with Gasteiger partial charge in [-0.05, 0) is 36.9 Å². The third-order valence-corrected chi connectivity index (χ3v) is 3.63. The van der Waals surface area contributed by atoms with Gasteiger partial charge in [0.2, 0.25) is 5.28 Å². The Morgan fingerprint density at radius 3 is 2.57 bits per heavy atom. The molecule has 0 bridgehead atoms. The van der Waals surface area contributed by atoms with Crippen LogP contribution in [0.1, 0.15) is 12.6 Å². The van der Waals surface area contributed by atoms with Crippen molar-refractivity contribution in [3.05, 3.63) is 59.5 Å². The molecule has 106 valence electrons. The van der Waals surface area contributed by atoms with E-state index in [-0.39, 0.29) is 5.28 Å². The van der Waals surface area contributed by atoms with Crippen LogP contribution in [0.5, 0.6) is 0 Å². The third kappa shape index (κ3) is 2.69. The Morgan fingerprint density at radius 2 is 1.81 bits per heavy atom. The summed E-state index contributed by atoms with van der Waals surface area (Å²) in [5.41, 5.74) is 1.99. The molecule has 0 N–H and O–H groups in total. The van der Waals surface area contributed by atoms with Crippen LogP contribution >= 0.6 is 11.6 Å². The molecule has 0 saturated carbocycles. The van der Waals surface area contributed by atoms with E-state index in [1.165, 1.54) is 10.8 Å². The zero-order valence-corrected chi connectivity index (χ0v) is 12.8. The molecule has 0 fully saturated rings. The van der Waals surface area contributed by atoms with Crippen LogP contribution in [0.2, 0.25) is 5.28 Å². The average molecular weight is 298 g/mol. The van der Waals surface area contributed by atoms with E-state index in [1.54, 1.807) is 0 Å². The molecule has 0 unspecified atom stereocenters. The molecular formula is C17H16ClN3. The number of aromatic nitrogens is 2. The molecule has 2 aromatic carbocycles. The van der Waals surface area contributed by atoms with Crippen molar-refractivity contribution in [3.8, 4) is 0 Å². The largest absolute Gasteiger partial charge is 0.326 e. The first kappa shape index (κ1) is 13.8. The smallest absolute Gasteiger partial charge is 0.224 e. The van der Waals surface area contributed by atoms with Crippen LogP contribution in [0.15, 0.2) is 48.5 Å². The molecule has 3 aromatic rings. The molecule has 0 aliphatic rings. The minimum Gasteiger partial charge on any atom is -0.326 e. The lowest BCUT2D eigenvalue weighted by molar-refractivity contribution is 0.970. The predicted octanol–water partition coefficient (Wildman–Crippen LogP) is 4.75. The predicted molar refractivity (Wildman–Crippen MR) is 88.4 cm³/mol. The Balaban J connectivity index is 2.18. The number of aryl methyl sites for hydroxylation is 1. The van der Waals surface area contributed by atoms with Crippen molar-refractivity contribution in [2.45, 2.75) is 13.8 Å². The van der Waals surface area contributed by atoms with E-state index >= 15 is 0 Å². The van der Waals surface area contributed by atoms with E-state index in [9.17, 15) is 0 Å². The summed E-state index contributed by atoms with van der Waals surface area (Å²) >= 11 is 6.01. The van der Waals surface area contributed by atoms with Gasteiger partial charge in [0.15, 0.2) is 0 Å². The average Bonchev–Trinajstić information content (AvgIpc) is 2.47. The standard InChI is InChI=1S/C17H16ClN3/c1-3-21(16-11-12(2)19-17(18)20-16)15-10-6-8-13-7-4-5-9-14(13)15/h4-11H,3H2,1-2H3. The second-order valence-corrected chi connectivity index (χ2v) is 5.22. The molecule has 0 radical (unpaired) electrons. The van der Waals surface area contributed by atoms with Crippen LogP contribution in [-0.4, -0.2) is 16.5 Å². The number of halogens is 1. The second-order valence-electron chi connectivity index (χ2n) is 4.88. The van der Waals surface area contributed by atoms with Crippen molar-refractivity contribution in [2.75, 3.05) is 11.4 Å². The highest BCUT2D eigenvalue weighted by atomic mass is 35.5. The Kier molecular flexibility index (Phi) is 3.76. The van der Waals surface area contributed by atoms with Crippen LogP contribution in [-0.2, 0) is 0 Å². The summed E-state index contributed by atoms with van der Waals surface area (Å²) in [4.78, 5) is 10.7. The van der Waals surface area contributed by atoms with Gasteiger partial charge < -0.3 is 4.90 Å². The summed E-state index contributed by atoms with van der Waals surface area (Å²) in [5, 5.41) is 2.70. The molecule has 0 atom stereocenters. The monoisotopic (exact) mass is 297 g/mol. The van der Waals surface area contributed by atoms with Gasteiger partial charge in [0.25, 0.3) is 0 Å². The first-order valence-electron chi connectivity index (χ1n) is 6.95. The van der Waals surface area contributed by atoms with E-state index in [0.717, 1.165) is 23.7 Å². The van der Waals surface area contributed by atoms with E-state index in [0.29, 0.717) is 0 Å². The van der Waals surface area contributed by atoms with E-state index in [1.807, 2.05) is 19.1 Å². The third-order valence-electron chi connectivity index (χ3n) is 3.46. The summed E-state index contributed by atoms with van der Waals surface area (Å²) < 4.78 is 0. The molecule has 1 heterocycles. The normalized spacial score (nSPS) is 10.8. The molecule has 4 heteroatoms. The number of fused-ring (bicyclic) bond motifs is 1. The molecule has 3 nitrogen and oxygen atoms in total. The topological polar surface area (TPSA) is 29.0 Å². The van der Waals surface area contributed by atoms with Crippen LogP contribution < -0.4 is 4.90 Å². The van der Waals surface area contributed by atoms with Crippen molar-refractivity contribution in [2.24, 2.45) is 0 Å². The fourth-order valence-corrected chi connectivity index (χ4v) is 2.77. The maximum Gasteiger partial charge on any atom is 0.224 e. The fraction of sp³-hybridized carbons (Fsp3) is 0.176.